The lowest BCUT2D eigenvalue weighted by molar-refractivity contribution is 0.0595. The number of amides is 1. The van der Waals surface area contributed by atoms with Gasteiger partial charge in [0.05, 0.1) is 27.9 Å². The number of likely N-dealkylation sites (tertiary alicyclic amines) is 2. The number of aromatic nitrogens is 1. The van der Waals surface area contributed by atoms with E-state index in [2.05, 4.69) is 9.88 Å². The maximum absolute atomic E-state index is 13.2. The molecule has 42 heavy (non-hydrogen) atoms. The fraction of sp³-hybridized carbons (Fsp3) is 0.406. The molecular weight excluding hydrogens is 555 g/mol. The summed E-state index contributed by atoms with van der Waals surface area (Å²) in [5.41, 5.74) is 3.31. The smallest absolute Gasteiger partial charge is 0.255 e. The maximum atomic E-state index is 13.2. The Balaban J connectivity index is 1.08. The van der Waals surface area contributed by atoms with Crippen LogP contribution in [0.3, 0.4) is 0 Å². The third kappa shape index (κ3) is 7.80. The molecule has 2 aliphatic heterocycles. The number of carbonyl (C=O) groups is 1. The molecule has 0 bridgehead atoms. The molecule has 1 aromatic heterocycles. The average Bonchev–Trinajstić information content (AvgIpc) is 2.99. The molecule has 5 rings (SSSR count). The van der Waals surface area contributed by atoms with Gasteiger partial charge in [-0.2, -0.15) is 0 Å². The summed E-state index contributed by atoms with van der Waals surface area (Å²) < 4.78 is 42.5. The van der Waals surface area contributed by atoms with Gasteiger partial charge >= 0.3 is 0 Å². The van der Waals surface area contributed by atoms with Crippen molar-refractivity contribution < 1.29 is 22.3 Å². The molecule has 3 heterocycles. The number of carbonyl (C=O) groups excluding carboxylic acids is 1. The zero-order valence-electron chi connectivity index (χ0n) is 24.1. The summed E-state index contributed by atoms with van der Waals surface area (Å²) in [6.07, 6.45) is 6.08. The number of pyridine rings is 1. The Morgan fingerprint density at radius 3 is 2.21 bits per heavy atom. The predicted molar refractivity (Wildman–Crippen MR) is 160 cm³/mol. The Morgan fingerprint density at radius 2 is 1.62 bits per heavy atom. The molecule has 3 aromatic rings. The quantitative estimate of drug-likeness (QED) is 0.350. The van der Waals surface area contributed by atoms with Crippen LogP contribution in [0.1, 0.15) is 54.2 Å². The predicted octanol–water partition coefficient (Wildman–Crippen LogP) is 4.78. The Morgan fingerprint density at radius 1 is 0.952 bits per heavy atom. The second kappa shape index (κ2) is 13.1. The number of hydrogen-bond donors (Lipinski definition) is 0. The first kappa shape index (κ1) is 29.8. The number of hydrogen-bond acceptors (Lipinski definition) is 7. The second-order valence-electron chi connectivity index (χ2n) is 11.1. The van der Waals surface area contributed by atoms with Gasteiger partial charge in [0.25, 0.3) is 5.91 Å². The van der Waals surface area contributed by atoms with Crippen LogP contribution in [0.2, 0.25) is 0 Å². The topological polar surface area (TPSA) is 92.2 Å². The van der Waals surface area contributed by atoms with Gasteiger partial charge in [-0.05, 0) is 73.9 Å². The van der Waals surface area contributed by atoms with E-state index in [1.807, 2.05) is 36.1 Å². The van der Waals surface area contributed by atoms with Crippen LogP contribution >= 0.6 is 0 Å². The van der Waals surface area contributed by atoms with Gasteiger partial charge in [-0.25, -0.2) is 12.8 Å². The molecule has 2 saturated heterocycles. The number of sulfone groups is 1. The van der Waals surface area contributed by atoms with E-state index in [9.17, 15) is 17.6 Å². The highest BCUT2D eigenvalue weighted by Crippen LogP contribution is 2.22. The summed E-state index contributed by atoms with van der Waals surface area (Å²) in [6.45, 7) is 5.82. The molecule has 0 atom stereocenters. The third-order valence-electron chi connectivity index (χ3n) is 7.92. The Kier molecular flexibility index (Phi) is 9.33. The number of rotatable bonds is 8. The number of halogens is 1. The summed E-state index contributed by atoms with van der Waals surface area (Å²) in [6, 6.07) is 17.1. The molecule has 0 saturated carbocycles. The van der Waals surface area contributed by atoms with E-state index in [1.165, 1.54) is 18.4 Å². The van der Waals surface area contributed by atoms with Gasteiger partial charge in [-0.1, -0.05) is 12.1 Å². The molecule has 0 spiro atoms. The van der Waals surface area contributed by atoms with Crippen LogP contribution in [-0.2, 0) is 16.4 Å². The molecule has 1 amide bonds. The van der Waals surface area contributed by atoms with Crippen LogP contribution in [0.4, 0.5) is 4.39 Å². The van der Waals surface area contributed by atoms with Gasteiger partial charge in [-0.15, -0.1) is 0 Å². The van der Waals surface area contributed by atoms with Crippen LogP contribution in [0, 0.1) is 5.82 Å². The first-order chi connectivity index (χ1) is 20.1. The molecule has 0 unspecified atom stereocenters. The van der Waals surface area contributed by atoms with E-state index < -0.39 is 9.84 Å². The van der Waals surface area contributed by atoms with Crippen molar-refractivity contribution in [3.05, 3.63) is 89.5 Å². The number of ether oxygens (including phenoxy) is 1. The van der Waals surface area contributed by atoms with Crippen molar-refractivity contribution >= 4 is 21.5 Å². The lowest BCUT2D eigenvalue weighted by atomic mass is 10.0. The maximum Gasteiger partial charge on any atom is 0.255 e. The van der Waals surface area contributed by atoms with Gasteiger partial charge in [0.2, 0.25) is 0 Å². The minimum atomic E-state index is -3.24. The van der Waals surface area contributed by atoms with E-state index in [1.54, 1.807) is 30.5 Å². The van der Waals surface area contributed by atoms with Gasteiger partial charge in [-0.3, -0.25) is 19.7 Å². The monoisotopic (exact) mass is 592 g/mol. The third-order valence-corrected chi connectivity index (χ3v) is 9.05. The number of piperidine rings is 2. The molecular formula is C32H37FN4O4S. The molecule has 0 radical (unpaired) electrons. The number of benzene rings is 2. The molecule has 0 N–H and O–H groups in total. The van der Waals surface area contributed by atoms with Crippen molar-refractivity contribution in [3.63, 3.8) is 0 Å². The minimum Gasteiger partial charge on any atom is -0.490 e. The van der Waals surface area contributed by atoms with E-state index in [-0.39, 0.29) is 28.8 Å². The average molecular weight is 593 g/mol. The summed E-state index contributed by atoms with van der Waals surface area (Å²) in [4.78, 5) is 27.0. The van der Waals surface area contributed by atoms with Crippen molar-refractivity contribution in [2.24, 2.45) is 4.99 Å². The number of aliphatic imine (C=N–C) groups is 1. The van der Waals surface area contributed by atoms with Crippen LogP contribution < -0.4 is 4.74 Å². The normalized spacial score (nSPS) is 17.8. The first-order valence-corrected chi connectivity index (χ1v) is 16.3. The fourth-order valence-corrected chi connectivity index (χ4v) is 6.08. The van der Waals surface area contributed by atoms with Crippen LogP contribution in [0.15, 0.2) is 76.7 Å². The summed E-state index contributed by atoms with van der Waals surface area (Å²) in [7, 11) is -3.24. The summed E-state index contributed by atoms with van der Waals surface area (Å²) in [5, 5.41) is 0. The van der Waals surface area contributed by atoms with Crippen molar-refractivity contribution in [2.75, 3.05) is 32.4 Å². The highest BCUT2D eigenvalue weighted by molar-refractivity contribution is 7.90. The van der Waals surface area contributed by atoms with E-state index in [0.29, 0.717) is 37.2 Å². The molecule has 8 nitrogen and oxygen atoms in total. The lowest BCUT2D eigenvalue weighted by Gasteiger charge is -2.32. The van der Waals surface area contributed by atoms with Crippen LogP contribution in [-0.4, -0.2) is 79.4 Å². The van der Waals surface area contributed by atoms with E-state index in [0.717, 1.165) is 49.4 Å². The fourth-order valence-electron chi connectivity index (χ4n) is 5.45. The Bertz CT molecular complexity index is 1490. The zero-order valence-corrected chi connectivity index (χ0v) is 24.9. The van der Waals surface area contributed by atoms with E-state index >= 15 is 0 Å². The van der Waals surface area contributed by atoms with Gasteiger partial charge < -0.3 is 9.64 Å². The number of nitrogens with zero attached hydrogens (tertiary/aromatic N) is 4. The van der Waals surface area contributed by atoms with Gasteiger partial charge in [0, 0.05) is 58.0 Å². The summed E-state index contributed by atoms with van der Waals surface area (Å²) in [5.74, 6) is 0.366. The largest absolute Gasteiger partial charge is 0.490 e. The van der Waals surface area contributed by atoms with Crippen molar-refractivity contribution in [2.45, 2.75) is 56.2 Å². The lowest BCUT2D eigenvalue weighted by Crippen LogP contribution is -2.41. The minimum absolute atomic E-state index is 0.0349. The molecule has 10 heteroatoms. The molecule has 2 aliphatic rings. The molecule has 2 aromatic carbocycles. The van der Waals surface area contributed by atoms with Gasteiger partial charge in [0.1, 0.15) is 17.7 Å². The zero-order chi connectivity index (χ0) is 29.7. The van der Waals surface area contributed by atoms with Crippen LogP contribution in [0.5, 0.6) is 5.75 Å². The van der Waals surface area contributed by atoms with Crippen molar-refractivity contribution in [3.8, 4) is 5.75 Å². The highest BCUT2D eigenvalue weighted by Gasteiger charge is 2.25. The van der Waals surface area contributed by atoms with Crippen molar-refractivity contribution in [1.29, 1.82) is 0 Å². The first-order valence-electron chi connectivity index (χ1n) is 14.4. The standard InChI is InChI=1S/C32H37FN4O4S/c1-23(35-27-13-17-36(18-14-27)22-24-3-6-26(33)7-4-24)31-12-5-25(21-34-31)32(38)37-19-15-29(16-20-37)41-28-8-10-30(11-9-28)42(2,39)40/h3-12,21,27,29H,13-20,22H2,1-2H3. The Hall–Kier alpha value is -3.63. The molecule has 0 aliphatic carbocycles. The molecule has 222 valence electrons. The second-order valence-corrected chi connectivity index (χ2v) is 13.1. The van der Waals surface area contributed by atoms with Gasteiger partial charge in [0.15, 0.2) is 9.84 Å². The van der Waals surface area contributed by atoms with Crippen molar-refractivity contribution in [1.82, 2.24) is 14.8 Å². The SMILES string of the molecule is CC(=NC1CCN(Cc2ccc(F)cc2)CC1)c1ccc(C(=O)N2CCC(Oc3ccc(S(C)(=O)=O)cc3)CC2)cn1. The summed E-state index contributed by atoms with van der Waals surface area (Å²) >= 11 is 0. The van der Waals surface area contributed by atoms with Crippen LogP contribution in [0.25, 0.3) is 0 Å². The molecule has 2 fully saturated rings. The van der Waals surface area contributed by atoms with E-state index in [4.69, 9.17) is 9.73 Å². The highest BCUT2D eigenvalue weighted by atomic mass is 32.2. The Labute approximate surface area is 247 Å².